The predicted molar refractivity (Wildman–Crippen MR) is 118 cm³/mol. The van der Waals surface area contributed by atoms with Gasteiger partial charge in [-0.2, -0.15) is 5.10 Å². The van der Waals surface area contributed by atoms with Crippen molar-refractivity contribution in [1.29, 1.82) is 0 Å². The average molecular weight is 434 g/mol. The van der Waals surface area contributed by atoms with E-state index < -0.39 is 0 Å². The van der Waals surface area contributed by atoms with Crippen LogP contribution in [0.1, 0.15) is 11.4 Å². The molecule has 0 aliphatic carbocycles. The molecule has 0 radical (unpaired) electrons. The van der Waals surface area contributed by atoms with Gasteiger partial charge in [-0.25, -0.2) is 10.1 Å². The number of hydrogen-bond donors (Lipinski definition) is 1. The fraction of sp³-hybridized carbons (Fsp3) is 0.150. The Kier molecular flexibility index (Phi) is 6.43. The zero-order valence-corrected chi connectivity index (χ0v) is 17.3. The largest absolute Gasteiger partial charge is 0.301 e. The number of pyridine rings is 1. The highest BCUT2D eigenvalue weighted by Crippen LogP contribution is 2.18. The molecule has 0 saturated heterocycles. The van der Waals surface area contributed by atoms with Crippen LogP contribution >= 0.6 is 11.8 Å². The average Bonchev–Trinajstić information content (AvgIpc) is 3.38. The lowest BCUT2D eigenvalue weighted by Crippen LogP contribution is -2.20. The standard InChI is InChI=1S/C20H19N9OS/c1-2-11-28-18(13-29-17-6-4-3-5-16(17)23-27-29)24-26-20(28)31-14-19(30)25-22-12-15-7-9-21-10-8-15/h2-10,12H,1,11,13-14H2,(H,25,30)/b22-12+. The Labute approximate surface area is 182 Å². The first kappa shape index (κ1) is 20.4. The van der Waals surface area contributed by atoms with Gasteiger partial charge in [0.25, 0.3) is 5.91 Å². The van der Waals surface area contributed by atoms with Crippen molar-refractivity contribution in [3.05, 3.63) is 72.8 Å². The van der Waals surface area contributed by atoms with Gasteiger partial charge in [0.2, 0.25) is 0 Å². The minimum absolute atomic E-state index is 0.148. The van der Waals surface area contributed by atoms with Crippen LogP contribution < -0.4 is 5.43 Å². The predicted octanol–water partition coefficient (Wildman–Crippen LogP) is 1.89. The highest BCUT2D eigenvalue weighted by Gasteiger charge is 2.15. The normalized spacial score (nSPS) is 11.2. The molecule has 0 aliphatic heterocycles. The molecule has 4 aromatic rings. The van der Waals surface area contributed by atoms with Gasteiger partial charge in [0.15, 0.2) is 11.0 Å². The molecule has 4 rings (SSSR count). The van der Waals surface area contributed by atoms with Crippen molar-refractivity contribution < 1.29 is 4.79 Å². The number of carbonyl (C=O) groups is 1. The molecule has 10 nitrogen and oxygen atoms in total. The van der Waals surface area contributed by atoms with Crippen LogP contribution in [0.3, 0.4) is 0 Å². The Morgan fingerprint density at radius 3 is 2.84 bits per heavy atom. The van der Waals surface area contributed by atoms with Crippen LogP contribution in [-0.4, -0.2) is 52.6 Å². The van der Waals surface area contributed by atoms with Gasteiger partial charge in [0.05, 0.1) is 17.5 Å². The first-order valence-corrected chi connectivity index (χ1v) is 10.4. The van der Waals surface area contributed by atoms with Crippen LogP contribution in [-0.2, 0) is 17.9 Å². The van der Waals surface area contributed by atoms with Crippen molar-refractivity contribution in [2.45, 2.75) is 18.2 Å². The number of rotatable bonds is 9. The Hall–Kier alpha value is -3.86. The lowest BCUT2D eigenvalue weighted by Gasteiger charge is -2.07. The number of fused-ring (bicyclic) bond motifs is 1. The fourth-order valence-corrected chi connectivity index (χ4v) is 3.57. The van der Waals surface area contributed by atoms with Crippen LogP contribution in [0.4, 0.5) is 0 Å². The number of nitrogens with zero attached hydrogens (tertiary/aromatic N) is 8. The summed E-state index contributed by atoms with van der Waals surface area (Å²) in [6, 6.07) is 11.3. The maximum atomic E-state index is 12.1. The third kappa shape index (κ3) is 5.01. The molecule has 1 amide bonds. The number of aromatic nitrogens is 7. The summed E-state index contributed by atoms with van der Waals surface area (Å²) in [5, 5.41) is 21.5. The summed E-state index contributed by atoms with van der Waals surface area (Å²) in [6.45, 7) is 4.73. The van der Waals surface area contributed by atoms with E-state index in [4.69, 9.17) is 0 Å². The van der Waals surface area contributed by atoms with Gasteiger partial charge in [0.1, 0.15) is 12.1 Å². The van der Waals surface area contributed by atoms with Crippen LogP contribution in [0.15, 0.2) is 71.7 Å². The van der Waals surface area contributed by atoms with E-state index in [9.17, 15) is 4.79 Å². The third-order valence-electron chi connectivity index (χ3n) is 4.26. The molecule has 0 bridgehead atoms. The minimum Gasteiger partial charge on any atom is -0.301 e. The van der Waals surface area contributed by atoms with E-state index in [1.807, 2.05) is 28.8 Å². The lowest BCUT2D eigenvalue weighted by atomic mass is 10.3. The Balaban J connectivity index is 1.40. The highest BCUT2D eigenvalue weighted by molar-refractivity contribution is 7.99. The Morgan fingerprint density at radius 1 is 1.16 bits per heavy atom. The SMILES string of the molecule is C=CCn1c(Cn2nnc3ccccc32)nnc1SCC(=O)N/N=C/c1ccncc1. The van der Waals surface area contributed by atoms with Gasteiger partial charge >= 0.3 is 0 Å². The van der Waals surface area contributed by atoms with Crippen LogP contribution in [0, 0.1) is 0 Å². The van der Waals surface area contributed by atoms with E-state index in [1.165, 1.54) is 11.8 Å². The van der Waals surface area contributed by atoms with Crippen molar-refractivity contribution in [2.75, 3.05) is 5.75 Å². The lowest BCUT2D eigenvalue weighted by molar-refractivity contribution is -0.118. The number of para-hydroxylation sites is 1. The number of amides is 1. The van der Waals surface area contributed by atoms with Crippen molar-refractivity contribution in [1.82, 2.24) is 40.2 Å². The molecule has 0 spiro atoms. The van der Waals surface area contributed by atoms with Crippen molar-refractivity contribution in [3.63, 3.8) is 0 Å². The molecule has 156 valence electrons. The summed E-state index contributed by atoms with van der Waals surface area (Å²) in [5.74, 6) is 0.608. The highest BCUT2D eigenvalue weighted by atomic mass is 32.2. The third-order valence-corrected chi connectivity index (χ3v) is 5.22. The summed E-state index contributed by atoms with van der Waals surface area (Å²) in [5.41, 5.74) is 5.08. The monoisotopic (exact) mass is 433 g/mol. The molecule has 0 aliphatic rings. The van der Waals surface area contributed by atoms with Gasteiger partial charge in [-0.15, -0.1) is 21.9 Å². The summed E-state index contributed by atoms with van der Waals surface area (Å²) in [4.78, 5) is 16.1. The molecule has 0 saturated carbocycles. The second-order valence-corrected chi connectivity index (χ2v) is 7.34. The molecule has 0 atom stereocenters. The molecule has 0 fully saturated rings. The number of allylic oxidation sites excluding steroid dienone is 1. The quantitative estimate of drug-likeness (QED) is 0.185. The van der Waals surface area contributed by atoms with E-state index in [-0.39, 0.29) is 11.7 Å². The van der Waals surface area contributed by atoms with E-state index in [0.29, 0.717) is 24.1 Å². The number of hydrogen-bond acceptors (Lipinski definition) is 8. The molecule has 1 aromatic carbocycles. The van der Waals surface area contributed by atoms with Crippen molar-refractivity contribution in [2.24, 2.45) is 5.10 Å². The first-order chi connectivity index (χ1) is 15.2. The van der Waals surface area contributed by atoms with Gasteiger partial charge in [0, 0.05) is 18.9 Å². The number of hydrazone groups is 1. The maximum absolute atomic E-state index is 12.1. The molecule has 3 aromatic heterocycles. The fourth-order valence-electron chi connectivity index (χ4n) is 2.81. The topological polar surface area (TPSA) is 116 Å². The van der Waals surface area contributed by atoms with E-state index >= 15 is 0 Å². The Bertz CT molecular complexity index is 1220. The number of benzene rings is 1. The maximum Gasteiger partial charge on any atom is 0.250 e. The second kappa shape index (κ2) is 9.76. The molecule has 31 heavy (non-hydrogen) atoms. The molecular formula is C20H19N9OS. The van der Waals surface area contributed by atoms with E-state index in [0.717, 1.165) is 16.6 Å². The molecule has 0 unspecified atom stereocenters. The number of carbonyl (C=O) groups excluding carboxylic acids is 1. The van der Waals surface area contributed by atoms with Crippen molar-refractivity contribution in [3.8, 4) is 0 Å². The zero-order valence-electron chi connectivity index (χ0n) is 16.5. The number of thioether (sulfide) groups is 1. The zero-order chi connectivity index (χ0) is 21.5. The van der Waals surface area contributed by atoms with Crippen LogP contribution in [0.2, 0.25) is 0 Å². The van der Waals surface area contributed by atoms with Crippen LogP contribution in [0.5, 0.6) is 0 Å². The van der Waals surface area contributed by atoms with Gasteiger partial charge in [-0.3, -0.25) is 9.78 Å². The van der Waals surface area contributed by atoms with Gasteiger partial charge < -0.3 is 4.57 Å². The van der Waals surface area contributed by atoms with Crippen molar-refractivity contribution >= 4 is 34.9 Å². The van der Waals surface area contributed by atoms with Crippen LogP contribution in [0.25, 0.3) is 11.0 Å². The molecule has 1 N–H and O–H groups in total. The Morgan fingerprint density at radius 2 is 2.00 bits per heavy atom. The molecule has 3 heterocycles. The van der Waals surface area contributed by atoms with E-state index in [1.54, 1.807) is 41.5 Å². The van der Waals surface area contributed by atoms with Gasteiger partial charge in [-0.1, -0.05) is 35.2 Å². The molecular weight excluding hydrogens is 414 g/mol. The summed E-state index contributed by atoms with van der Waals surface area (Å²) < 4.78 is 3.68. The minimum atomic E-state index is -0.243. The smallest absolute Gasteiger partial charge is 0.250 e. The van der Waals surface area contributed by atoms with E-state index in [2.05, 4.69) is 42.6 Å². The summed E-state index contributed by atoms with van der Waals surface area (Å²) >= 11 is 1.28. The second-order valence-electron chi connectivity index (χ2n) is 6.40. The summed E-state index contributed by atoms with van der Waals surface area (Å²) in [7, 11) is 0. The summed E-state index contributed by atoms with van der Waals surface area (Å²) in [6.07, 6.45) is 6.64. The first-order valence-electron chi connectivity index (χ1n) is 9.40. The molecule has 11 heteroatoms. The number of nitrogens with one attached hydrogen (secondary N) is 1. The van der Waals surface area contributed by atoms with Gasteiger partial charge in [-0.05, 0) is 29.8 Å².